The monoisotopic (exact) mass is 479 g/mol. The van der Waals surface area contributed by atoms with Crippen molar-refractivity contribution < 1.29 is 23.5 Å². The molecule has 0 saturated carbocycles. The second kappa shape index (κ2) is 9.97. The Bertz CT molecular complexity index is 1260. The summed E-state index contributed by atoms with van der Waals surface area (Å²) < 4.78 is 25.0. The van der Waals surface area contributed by atoms with Crippen LogP contribution in [0.4, 0.5) is 4.39 Å². The van der Waals surface area contributed by atoms with Gasteiger partial charge < -0.3 is 9.47 Å². The number of methoxy groups -OCH3 is 1. The molecule has 1 saturated heterocycles. The third-order valence-electron chi connectivity index (χ3n) is 4.84. The number of hydrogen-bond donors (Lipinski definition) is 0. The lowest BCUT2D eigenvalue weighted by Gasteiger charge is -2.14. The van der Waals surface area contributed by atoms with Gasteiger partial charge in [0.25, 0.3) is 5.91 Å². The highest BCUT2D eigenvalue weighted by molar-refractivity contribution is 8.26. The van der Waals surface area contributed by atoms with Crippen LogP contribution in [0.25, 0.3) is 6.08 Å². The molecule has 1 aliphatic heterocycles. The Hall–Kier alpha value is -3.49. The van der Waals surface area contributed by atoms with Gasteiger partial charge in [0.15, 0.2) is 11.5 Å². The van der Waals surface area contributed by atoms with E-state index in [2.05, 4.69) is 0 Å². The van der Waals surface area contributed by atoms with Crippen molar-refractivity contribution in [3.63, 3.8) is 0 Å². The van der Waals surface area contributed by atoms with Crippen molar-refractivity contribution in [2.24, 2.45) is 0 Å². The van der Waals surface area contributed by atoms with Gasteiger partial charge in [0.05, 0.1) is 24.1 Å². The zero-order valence-corrected chi connectivity index (χ0v) is 19.1. The molecule has 8 heteroatoms. The predicted octanol–water partition coefficient (Wildman–Crippen LogP) is 5.45. The molecule has 33 heavy (non-hydrogen) atoms. The number of esters is 1. The van der Waals surface area contributed by atoms with E-state index < -0.39 is 11.8 Å². The Balaban J connectivity index is 1.53. The van der Waals surface area contributed by atoms with Crippen LogP contribution in [0.15, 0.2) is 77.7 Å². The van der Waals surface area contributed by atoms with Crippen molar-refractivity contribution in [3.8, 4) is 11.5 Å². The van der Waals surface area contributed by atoms with Crippen molar-refractivity contribution in [3.05, 3.63) is 100 Å². The quantitative estimate of drug-likeness (QED) is 0.203. The van der Waals surface area contributed by atoms with Crippen molar-refractivity contribution in [1.82, 2.24) is 4.90 Å². The predicted molar refractivity (Wildman–Crippen MR) is 130 cm³/mol. The van der Waals surface area contributed by atoms with E-state index in [9.17, 15) is 14.0 Å². The van der Waals surface area contributed by atoms with Crippen molar-refractivity contribution in [2.45, 2.75) is 6.54 Å². The van der Waals surface area contributed by atoms with Crippen LogP contribution in [0.5, 0.6) is 11.5 Å². The highest BCUT2D eigenvalue weighted by Crippen LogP contribution is 2.35. The third-order valence-corrected chi connectivity index (χ3v) is 6.22. The Labute approximate surface area is 199 Å². The van der Waals surface area contributed by atoms with E-state index >= 15 is 0 Å². The largest absolute Gasteiger partial charge is 0.493 e. The maximum absolute atomic E-state index is 13.9. The Morgan fingerprint density at radius 1 is 1.06 bits per heavy atom. The summed E-state index contributed by atoms with van der Waals surface area (Å²) >= 11 is 6.62. The summed E-state index contributed by atoms with van der Waals surface area (Å²) in [6.07, 6.45) is 1.70. The SMILES string of the molecule is COc1cc(/C=C2\SC(=S)N(Cc3ccccc3)C2=O)ccc1OC(=O)c1ccccc1F. The molecule has 3 aromatic carbocycles. The van der Waals surface area contributed by atoms with E-state index in [1.165, 1.54) is 43.1 Å². The number of carbonyl (C=O) groups excluding carboxylic acids is 2. The van der Waals surface area contributed by atoms with Crippen molar-refractivity contribution in [2.75, 3.05) is 7.11 Å². The molecule has 0 radical (unpaired) electrons. The van der Waals surface area contributed by atoms with E-state index in [4.69, 9.17) is 21.7 Å². The zero-order chi connectivity index (χ0) is 23.4. The first-order valence-corrected chi connectivity index (χ1v) is 11.1. The third kappa shape index (κ3) is 5.13. The molecule has 0 atom stereocenters. The summed E-state index contributed by atoms with van der Waals surface area (Å²) in [5.74, 6) is -1.27. The van der Waals surface area contributed by atoms with Crippen LogP contribution >= 0.6 is 24.0 Å². The van der Waals surface area contributed by atoms with Crippen LogP contribution < -0.4 is 9.47 Å². The van der Waals surface area contributed by atoms with Gasteiger partial charge in [-0.15, -0.1) is 0 Å². The molecule has 0 aromatic heterocycles. The number of amides is 1. The van der Waals surface area contributed by atoms with E-state index in [1.54, 1.807) is 29.2 Å². The first-order chi connectivity index (χ1) is 16.0. The summed E-state index contributed by atoms with van der Waals surface area (Å²) in [7, 11) is 1.43. The van der Waals surface area contributed by atoms with Crippen LogP contribution in [-0.4, -0.2) is 28.2 Å². The molecule has 0 unspecified atom stereocenters. The van der Waals surface area contributed by atoms with Gasteiger partial charge in [-0.1, -0.05) is 72.5 Å². The first-order valence-electron chi connectivity index (χ1n) is 9.90. The van der Waals surface area contributed by atoms with Crippen LogP contribution in [0.1, 0.15) is 21.5 Å². The van der Waals surface area contributed by atoms with Gasteiger partial charge in [0.2, 0.25) is 0 Å². The molecule has 1 aliphatic rings. The topological polar surface area (TPSA) is 55.8 Å². The summed E-state index contributed by atoms with van der Waals surface area (Å²) in [5.41, 5.74) is 1.47. The second-order valence-electron chi connectivity index (χ2n) is 7.03. The fourth-order valence-electron chi connectivity index (χ4n) is 3.19. The number of halogens is 1. The molecule has 4 rings (SSSR count). The number of benzene rings is 3. The molecule has 0 aliphatic carbocycles. The molecular formula is C25H18FNO4S2. The average Bonchev–Trinajstić information content (AvgIpc) is 3.08. The standard InChI is InChI=1S/C25H18FNO4S2/c1-30-21-13-17(11-12-20(21)31-24(29)18-9-5-6-10-19(18)26)14-22-23(28)27(25(32)33-22)15-16-7-3-2-4-8-16/h2-14H,15H2,1H3/b22-14-. The maximum atomic E-state index is 13.9. The lowest BCUT2D eigenvalue weighted by Crippen LogP contribution is -2.27. The first kappa shape index (κ1) is 22.7. The van der Waals surface area contributed by atoms with E-state index in [1.807, 2.05) is 30.3 Å². The minimum atomic E-state index is -0.832. The highest BCUT2D eigenvalue weighted by atomic mass is 32.2. The molecule has 166 valence electrons. The average molecular weight is 480 g/mol. The number of thiocarbonyl (C=S) groups is 1. The molecular weight excluding hydrogens is 461 g/mol. The lowest BCUT2D eigenvalue weighted by atomic mass is 10.1. The van der Waals surface area contributed by atoms with Gasteiger partial charge in [-0.05, 0) is 41.5 Å². The van der Waals surface area contributed by atoms with Gasteiger partial charge in [-0.25, -0.2) is 9.18 Å². The van der Waals surface area contributed by atoms with Crippen LogP contribution in [0.2, 0.25) is 0 Å². The molecule has 1 amide bonds. The van der Waals surface area contributed by atoms with Crippen molar-refractivity contribution in [1.29, 1.82) is 0 Å². The van der Waals surface area contributed by atoms with Crippen LogP contribution in [0, 0.1) is 5.82 Å². The van der Waals surface area contributed by atoms with Gasteiger partial charge in [0.1, 0.15) is 10.1 Å². The molecule has 0 bridgehead atoms. The smallest absolute Gasteiger partial charge is 0.346 e. The Morgan fingerprint density at radius 3 is 2.52 bits per heavy atom. The van der Waals surface area contributed by atoms with Gasteiger partial charge in [-0.2, -0.15) is 0 Å². The molecule has 5 nitrogen and oxygen atoms in total. The van der Waals surface area contributed by atoms with Crippen LogP contribution in [-0.2, 0) is 11.3 Å². The molecule has 3 aromatic rings. The number of carbonyl (C=O) groups is 2. The lowest BCUT2D eigenvalue weighted by molar-refractivity contribution is -0.122. The molecule has 1 fully saturated rings. The second-order valence-corrected chi connectivity index (χ2v) is 8.71. The van der Waals surface area contributed by atoms with E-state index in [-0.39, 0.29) is 23.0 Å². The Morgan fingerprint density at radius 2 is 1.79 bits per heavy atom. The summed E-state index contributed by atoms with van der Waals surface area (Å²) in [6, 6.07) is 20.0. The maximum Gasteiger partial charge on any atom is 0.346 e. The number of ether oxygens (including phenoxy) is 2. The number of thioether (sulfide) groups is 1. The van der Waals surface area contributed by atoms with Crippen molar-refractivity contribution >= 4 is 46.3 Å². The van der Waals surface area contributed by atoms with Gasteiger partial charge >= 0.3 is 5.97 Å². The summed E-state index contributed by atoms with van der Waals surface area (Å²) in [4.78, 5) is 27.3. The van der Waals surface area contributed by atoms with E-state index in [0.29, 0.717) is 21.3 Å². The minimum absolute atomic E-state index is 0.138. The minimum Gasteiger partial charge on any atom is -0.493 e. The van der Waals surface area contributed by atoms with Gasteiger partial charge in [0, 0.05) is 0 Å². The highest BCUT2D eigenvalue weighted by Gasteiger charge is 2.32. The van der Waals surface area contributed by atoms with Gasteiger partial charge in [-0.3, -0.25) is 9.69 Å². The number of rotatable bonds is 6. The molecule has 0 spiro atoms. The fourth-order valence-corrected chi connectivity index (χ4v) is 4.45. The number of hydrogen-bond acceptors (Lipinski definition) is 6. The summed E-state index contributed by atoms with van der Waals surface area (Å²) in [6.45, 7) is 0.400. The zero-order valence-electron chi connectivity index (χ0n) is 17.5. The molecule has 1 heterocycles. The number of nitrogens with zero attached hydrogens (tertiary/aromatic N) is 1. The molecule has 0 N–H and O–H groups in total. The Kier molecular flexibility index (Phi) is 6.86. The van der Waals surface area contributed by atoms with E-state index in [0.717, 1.165) is 5.56 Å². The van der Waals surface area contributed by atoms with Crippen LogP contribution in [0.3, 0.4) is 0 Å². The normalized spacial score (nSPS) is 14.6. The fraction of sp³-hybridized carbons (Fsp3) is 0.0800. The summed E-state index contributed by atoms with van der Waals surface area (Å²) in [5, 5.41) is 0.